The summed E-state index contributed by atoms with van der Waals surface area (Å²) in [4.78, 5) is 5.23. The zero-order chi connectivity index (χ0) is 28.8. The van der Waals surface area contributed by atoms with E-state index >= 15 is 0 Å². The smallest absolute Gasteiger partial charge is 0.127 e. The number of nitrogen functional groups attached to an aromatic ring is 1. The van der Waals surface area contributed by atoms with Crippen molar-refractivity contribution in [2.75, 3.05) is 51.6 Å². The summed E-state index contributed by atoms with van der Waals surface area (Å²) >= 11 is 0. The standard InChI is InChI=1S/C36H49N3O2.3ClH/c1-27-28(2)34-32(29(3)33(27)37)25-36(4,41-34)26-39-22-20-38(21-23-39)19-13-5-6-14-24-40-35(30-15-9-7-10-16-30)31-17-11-8-12-18-31;;;/h7-12,15-18,35H,5-6,13-14,19-26,37H2,1-4H3;3*1H. The van der Waals surface area contributed by atoms with E-state index in [2.05, 4.69) is 98.2 Å². The van der Waals surface area contributed by atoms with Gasteiger partial charge >= 0.3 is 0 Å². The van der Waals surface area contributed by atoms with E-state index in [0.717, 1.165) is 69.2 Å². The Morgan fingerprint density at radius 3 is 1.89 bits per heavy atom. The number of hydrogen-bond acceptors (Lipinski definition) is 5. The lowest BCUT2D eigenvalue weighted by atomic mass is 9.91. The number of ether oxygens (including phenoxy) is 2. The van der Waals surface area contributed by atoms with E-state index < -0.39 is 0 Å². The van der Waals surface area contributed by atoms with Gasteiger partial charge in [0.05, 0.1) is 0 Å². The molecular weight excluding hydrogens is 613 g/mol. The lowest BCUT2D eigenvalue weighted by Gasteiger charge is -2.38. The summed E-state index contributed by atoms with van der Waals surface area (Å²) in [5.74, 6) is 1.08. The largest absolute Gasteiger partial charge is 0.485 e. The molecule has 0 saturated carbocycles. The first-order valence-corrected chi connectivity index (χ1v) is 15.6. The number of fused-ring (bicyclic) bond motifs is 1. The van der Waals surface area contributed by atoms with Crippen LogP contribution in [-0.2, 0) is 11.2 Å². The molecule has 8 heteroatoms. The highest BCUT2D eigenvalue weighted by atomic mass is 35.5. The normalized spacial score (nSPS) is 18.1. The molecule has 0 radical (unpaired) electrons. The van der Waals surface area contributed by atoms with Gasteiger partial charge in [0.25, 0.3) is 0 Å². The maximum absolute atomic E-state index is 6.63. The Bertz CT molecular complexity index is 1210. The van der Waals surface area contributed by atoms with Crippen molar-refractivity contribution in [3.05, 3.63) is 94.0 Å². The van der Waals surface area contributed by atoms with Crippen LogP contribution in [0.1, 0.15) is 72.1 Å². The first-order valence-electron chi connectivity index (χ1n) is 15.6. The van der Waals surface area contributed by atoms with Crippen LogP contribution in [0.4, 0.5) is 5.69 Å². The third-order valence-corrected chi connectivity index (χ3v) is 9.22. The zero-order valence-corrected chi connectivity index (χ0v) is 29.3. The van der Waals surface area contributed by atoms with Crippen LogP contribution in [0.5, 0.6) is 5.75 Å². The monoisotopic (exact) mass is 663 g/mol. The van der Waals surface area contributed by atoms with Crippen molar-refractivity contribution in [2.45, 2.75) is 71.5 Å². The number of hydrogen-bond donors (Lipinski definition) is 1. The Labute approximate surface area is 284 Å². The van der Waals surface area contributed by atoms with Gasteiger partial charge in [-0.3, -0.25) is 4.90 Å². The third-order valence-electron chi connectivity index (χ3n) is 9.22. The van der Waals surface area contributed by atoms with E-state index in [4.69, 9.17) is 15.2 Å². The second-order valence-corrected chi connectivity index (χ2v) is 12.4. The van der Waals surface area contributed by atoms with Gasteiger partial charge in [-0.1, -0.05) is 73.5 Å². The summed E-state index contributed by atoms with van der Waals surface area (Å²) in [7, 11) is 0. The Hall–Kier alpha value is -1.99. The Kier molecular flexibility index (Phi) is 15.3. The molecule has 1 saturated heterocycles. The van der Waals surface area contributed by atoms with Gasteiger partial charge in [-0.15, -0.1) is 37.2 Å². The van der Waals surface area contributed by atoms with Gasteiger partial charge in [-0.25, -0.2) is 0 Å². The number of nitrogens with two attached hydrogens (primary N) is 1. The quantitative estimate of drug-likeness (QED) is 0.157. The minimum Gasteiger partial charge on any atom is -0.485 e. The van der Waals surface area contributed by atoms with Crippen molar-refractivity contribution in [1.29, 1.82) is 0 Å². The molecule has 5 nitrogen and oxygen atoms in total. The number of anilines is 1. The van der Waals surface area contributed by atoms with E-state index in [1.54, 1.807) is 0 Å². The molecule has 244 valence electrons. The molecule has 5 rings (SSSR count). The van der Waals surface area contributed by atoms with E-state index in [9.17, 15) is 0 Å². The fourth-order valence-electron chi connectivity index (χ4n) is 6.59. The average molecular weight is 665 g/mol. The molecule has 0 bridgehead atoms. The van der Waals surface area contributed by atoms with E-state index in [1.165, 1.54) is 53.6 Å². The Morgan fingerprint density at radius 1 is 0.750 bits per heavy atom. The van der Waals surface area contributed by atoms with Crippen LogP contribution >= 0.6 is 37.2 Å². The van der Waals surface area contributed by atoms with Gasteiger partial charge in [0.2, 0.25) is 0 Å². The Morgan fingerprint density at radius 2 is 1.30 bits per heavy atom. The predicted molar refractivity (Wildman–Crippen MR) is 192 cm³/mol. The summed E-state index contributed by atoms with van der Waals surface area (Å²) in [6.07, 6.45) is 5.80. The minimum atomic E-state index is -0.178. The molecule has 44 heavy (non-hydrogen) atoms. The van der Waals surface area contributed by atoms with Crippen LogP contribution in [0, 0.1) is 20.8 Å². The van der Waals surface area contributed by atoms with Crippen molar-refractivity contribution >= 4 is 42.9 Å². The molecule has 0 amide bonds. The van der Waals surface area contributed by atoms with Gasteiger partial charge in [-0.2, -0.15) is 0 Å². The highest BCUT2D eigenvalue weighted by molar-refractivity contribution is 5.86. The summed E-state index contributed by atoms with van der Waals surface area (Å²) in [6.45, 7) is 16.2. The number of halogens is 3. The lowest BCUT2D eigenvalue weighted by molar-refractivity contribution is 0.0375. The van der Waals surface area contributed by atoms with Crippen LogP contribution < -0.4 is 10.5 Å². The van der Waals surface area contributed by atoms with Crippen molar-refractivity contribution in [2.24, 2.45) is 0 Å². The molecule has 2 aliphatic heterocycles. The second kappa shape index (κ2) is 17.6. The maximum Gasteiger partial charge on any atom is 0.127 e. The van der Waals surface area contributed by atoms with E-state index in [1.807, 2.05) is 0 Å². The number of nitrogens with zero attached hydrogens (tertiary/aromatic N) is 2. The van der Waals surface area contributed by atoms with E-state index in [-0.39, 0.29) is 48.9 Å². The fraction of sp³-hybridized carbons (Fsp3) is 0.500. The molecule has 0 aromatic heterocycles. The van der Waals surface area contributed by atoms with Crippen LogP contribution in [0.25, 0.3) is 0 Å². The lowest BCUT2D eigenvalue weighted by Crippen LogP contribution is -2.52. The highest BCUT2D eigenvalue weighted by Gasteiger charge is 2.39. The Balaban J connectivity index is 0.00000225. The molecule has 2 heterocycles. The topological polar surface area (TPSA) is 51.0 Å². The molecule has 3 aromatic carbocycles. The molecule has 2 N–H and O–H groups in total. The van der Waals surface area contributed by atoms with Gasteiger partial charge in [-0.05, 0) is 74.9 Å². The molecule has 2 aliphatic rings. The molecule has 1 unspecified atom stereocenters. The van der Waals surface area contributed by atoms with Crippen molar-refractivity contribution in [1.82, 2.24) is 9.80 Å². The first kappa shape index (κ1) is 38.2. The third kappa shape index (κ3) is 9.28. The number of unbranched alkanes of at least 4 members (excludes halogenated alkanes) is 3. The number of benzene rings is 3. The molecule has 0 aliphatic carbocycles. The van der Waals surface area contributed by atoms with Crippen LogP contribution in [0.3, 0.4) is 0 Å². The number of rotatable bonds is 12. The highest BCUT2D eigenvalue weighted by Crippen LogP contribution is 2.44. The van der Waals surface area contributed by atoms with Crippen molar-refractivity contribution in [3.63, 3.8) is 0 Å². The van der Waals surface area contributed by atoms with Gasteiger partial charge < -0.3 is 20.1 Å². The zero-order valence-electron chi connectivity index (χ0n) is 26.8. The maximum atomic E-state index is 6.63. The number of piperazine rings is 1. The van der Waals surface area contributed by atoms with Crippen molar-refractivity contribution < 1.29 is 9.47 Å². The summed E-state index contributed by atoms with van der Waals surface area (Å²) in [5, 5.41) is 0. The van der Waals surface area contributed by atoms with Gasteiger partial charge in [0.1, 0.15) is 17.5 Å². The molecular formula is C36H52Cl3N3O2. The molecule has 1 atom stereocenters. The van der Waals surface area contributed by atoms with Gasteiger partial charge in [0.15, 0.2) is 0 Å². The second-order valence-electron chi connectivity index (χ2n) is 12.4. The molecule has 1 fully saturated rings. The molecule has 3 aromatic rings. The molecule has 0 spiro atoms. The van der Waals surface area contributed by atoms with Crippen LogP contribution in [-0.4, -0.2) is 61.3 Å². The summed E-state index contributed by atoms with van der Waals surface area (Å²) in [5.41, 5.74) is 14.5. The summed E-state index contributed by atoms with van der Waals surface area (Å²) < 4.78 is 13.0. The predicted octanol–water partition coefficient (Wildman–Crippen LogP) is 8.14. The van der Waals surface area contributed by atoms with E-state index in [0.29, 0.717) is 0 Å². The first-order chi connectivity index (χ1) is 19.8. The van der Waals surface area contributed by atoms with Crippen molar-refractivity contribution in [3.8, 4) is 5.75 Å². The fourth-order valence-corrected chi connectivity index (χ4v) is 6.59. The van der Waals surface area contributed by atoms with Crippen LogP contribution in [0.2, 0.25) is 0 Å². The summed E-state index contributed by atoms with van der Waals surface area (Å²) in [6, 6.07) is 21.2. The van der Waals surface area contributed by atoms with Gasteiger partial charge in [0, 0.05) is 57.0 Å². The SMILES string of the molecule is Cc1c(C)c2c(c(C)c1N)CC(C)(CN1CCN(CCCCCCOC(c3ccccc3)c3ccccc3)CC1)O2.Cl.Cl.Cl. The van der Waals surface area contributed by atoms with Crippen LogP contribution in [0.15, 0.2) is 60.7 Å². The minimum absolute atomic E-state index is 0. The average Bonchev–Trinajstić information content (AvgIpc) is 3.35.